The molecule has 158 valence electrons. The molecule has 0 aromatic carbocycles. The molecule has 1 amide bonds. The van der Waals surface area contributed by atoms with Crippen LogP contribution in [0.1, 0.15) is 78.3 Å². The number of hydrogen-bond acceptors (Lipinski definition) is 5. The Morgan fingerprint density at radius 2 is 1.86 bits per heavy atom. The number of nitrogens with zero attached hydrogens (tertiary/aromatic N) is 2. The third-order valence-electron chi connectivity index (χ3n) is 6.22. The van der Waals surface area contributed by atoms with Crippen molar-refractivity contribution in [3.8, 4) is 0 Å². The molecule has 2 bridgehead atoms. The predicted octanol–water partition coefficient (Wildman–Crippen LogP) is 3.79. The molecule has 3 atom stereocenters. The van der Waals surface area contributed by atoms with E-state index in [1.165, 1.54) is 0 Å². The number of methoxy groups -OCH3 is 1. The molecule has 0 spiro atoms. The van der Waals surface area contributed by atoms with Crippen LogP contribution in [0.3, 0.4) is 0 Å². The Hall–Kier alpha value is -1.76. The van der Waals surface area contributed by atoms with E-state index in [-0.39, 0.29) is 35.3 Å². The van der Waals surface area contributed by atoms with Gasteiger partial charge in [0.25, 0.3) is 0 Å². The first-order valence-electron chi connectivity index (χ1n) is 10.6. The lowest BCUT2D eigenvalue weighted by molar-refractivity contribution is -0.0586. The third kappa shape index (κ3) is 3.86. The van der Waals surface area contributed by atoms with Gasteiger partial charge in [-0.15, -0.1) is 0 Å². The predicted molar refractivity (Wildman–Crippen MR) is 109 cm³/mol. The van der Waals surface area contributed by atoms with E-state index in [1.807, 2.05) is 24.6 Å². The maximum atomic E-state index is 12.3. The molecule has 1 aromatic rings. The van der Waals surface area contributed by atoms with Crippen LogP contribution < -0.4 is 11.1 Å². The lowest BCUT2D eigenvalue weighted by Gasteiger charge is -2.61. The maximum Gasteiger partial charge on any atom is 0.407 e. The van der Waals surface area contributed by atoms with Crippen molar-refractivity contribution in [2.75, 3.05) is 12.8 Å². The van der Waals surface area contributed by atoms with Gasteiger partial charge in [0.15, 0.2) is 0 Å². The Morgan fingerprint density at radius 1 is 1.25 bits per heavy atom. The van der Waals surface area contributed by atoms with Crippen LogP contribution in [0.5, 0.6) is 0 Å². The molecule has 3 N–H and O–H groups in total. The molecule has 4 saturated carbocycles. The van der Waals surface area contributed by atoms with Gasteiger partial charge in [-0.1, -0.05) is 13.8 Å². The highest BCUT2D eigenvalue weighted by Crippen LogP contribution is 2.57. The fraction of sp³-hybridized carbons (Fsp3) is 0.810. The van der Waals surface area contributed by atoms with Gasteiger partial charge in [0.05, 0.1) is 17.3 Å². The number of nitrogens with one attached hydrogen (secondary N) is 1. The summed E-state index contributed by atoms with van der Waals surface area (Å²) >= 11 is 0. The molecule has 7 heteroatoms. The maximum absolute atomic E-state index is 12.3. The van der Waals surface area contributed by atoms with E-state index < -0.39 is 0 Å². The van der Waals surface area contributed by atoms with Gasteiger partial charge in [0, 0.05) is 24.6 Å². The Bertz CT molecular complexity index is 692. The number of nitrogens with two attached hydrogens (primary N) is 1. The second-order valence-electron chi connectivity index (χ2n) is 9.35. The number of carbonyl (C=O) groups is 1. The summed E-state index contributed by atoms with van der Waals surface area (Å²) in [6, 6.07) is 1.94. The van der Waals surface area contributed by atoms with Crippen molar-refractivity contribution in [1.82, 2.24) is 15.1 Å². The summed E-state index contributed by atoms with van der Waals surface area (Å²) in [5.74, 6) is 1.66. The van der Waals surface area contributed by atoms with Crippen molar-refractivity contribution >= 4 is 11.9 Å². The average Bonchev–Trinajstić information content (AvgIpc) is 3.14. The molecule has 1 heterocycles. The van der Waals surface area contributed by atoms with Crippen LogP contribution in [0.4, 0.5) is 10.6 Å². The van der Waals surface area contributed by atoms with E-state index in [4.69, 9.17) is 20.3 Å². The summed E-state index contributed by atoms with van der Waals surface area (Å²) in [4.78, 5) is 12.3. The van der Waals surface area contributed by atoms with Gasteiger partial charge in [0.2, 0.25) is 0 Å². The molecule has 3 unspecified atom stereocenters. The smallest absolute Gasteiger partial charge is 0.407 e. The molecule has 28 heavy (non-hydrogen) atoms. The number of nitrogen functional groups attached to an aromatic ring is 1. The van der Waals surface area contributed by atoms with Gasteiger partial charge in [0.1, 0.15) is 11.9 Å². The highest BCUT2D eigenvalue weighted by Gasteiger charge is 2.58. The molecule has 0 radical (unpaired) electrons. The van der Waals surface area contributed by atoms with Crippen LogP contribution >= 0.6 is 0 Å². The van der Waals surface area contributed by atoms with E-state index in [0.717, 1.165) is 37.3 Å². The largest absolute Gasteiger partial charge is 0.443 e. The van der Waals surface area contributed by atoms with Gasteiger partial charge in [-0.2, -0.15) is 5.10 Å². The van der Waals surface area contributed by atoms with Crippen LogP contribution in [0.25, 0.3) is 0 Å². The van der Waals surface area contributed by atoms with Crippen LogP contribution in [-0.4, -0.2) is 40.7 Å². The normalized spacial score (nSPS) is 33.2. The highest BCUT2D eigenvalue weighted by molar-refractivity contribution is 5.69. The molecule has 4 fully saturated rings. The minimum absolute atomic E-state index is 0.0300. The minimum Gasteiger partial charge on any atom is -0.443 e. The number of aromatic nitrogens is 2. The molecular weight excluding hydrogens is 356 g/mol. The van der Waals surface area contributed by atoms with Gasteiger partial charge in [-0.3, -0.25) is 0 Å². The third-order valence-corrected chi connectivity index (χ3v) is 6.22. The van der Waals surface area contributed by atoms with Gasteiger partial charge in [-0.05, 0) is 58.8 Å². The van der Waals surface area contributed by atoms with Crippen molar-refractivity contribution in [3.05, 3.63) is 11.8 Å². The summed E-state index contributed by atoms with van der Waals surface area (Å²) in [6.45, 7) is 10.2. The second-order valence-corrected chi connectivity index (χ2v) is 9.35. The monoisotopic (exact) mass is 392 g/mol. The summed E-state index contributed by atoms with van der Waals surface area (Å²) < 4.78 is 13.2. The zero-order valence-electron chi connectivity index (χ0n) is 18.1. The average molecular weight is 393 g/mol. The molecule has 4 aliphatic rings. The molecule has 4 aliphatic carbocycles. The molecule has 7 nitrogen and oxygen atoms in total. The first kappa shape index (κ1) is 21.0. The minimum atomic E-state index is -0.310. The lowest BCUT2D eigenvalue weighted by atomic mass is 9.50. The molecule has 0 saturated heterocycles. The number of hydrogen-bond donors (Lipinski definition) is 2. The molecular formula is C21H36N4O3. The second kappa shape index (κ2) is 7.58. The molecule has 1 aromatic heterocycles. The van der Waals surface area contributed by atoms with Gasteiger partial charge >= 0.3 is 6.09 Å². The Labute approximate surface area is 168 Å². The number of alkyl carbamates (subject to hydrolysis) is 1. The number of anilines is 1. The SMILES string of the molecule is CC.COC1CC(c2cc(N)n(C(C)(C)C)n2)CC1OC(=O)NC12CC(C1)C2. The van der Waals surface area contributed by atoms with Crippen LogP contribution in [0.2, 0.25) is 0 Å². The quantitative estimate of drug-likeness (QED) is 0.813. The van der Waals surface area contributed by atoms with Gasteiger partial charge in [-0.25, -0.2) is 9.48 Å². The molecule has 0 aliphatic heterocycles. The summed E-state index contributed by atoms with van der Waals surface area (Å²) in [5, 5.41) is 7.78. The Kier molecular flexibility index (Phi) is 5.67. The summed E-state index contributed by atoms with van der Waals surface area (Å²) in [5.41, 5.74) is 6.96. The van der Waals surface area contributed by atoms with Crippen LogP contribution in [0.15, 0.2) is 6.07 Å². The molecule has 5 rings (SSSR count). The summed E-state index contributed by atoms with van der Waals surface area (Å²) in [7, 11) is 1.67. The van der Waals surface area contributed by atoms with Crippen molar-refractivity contribution in [3.63, 3.8) is 0 Å². The van der Waals surface area contributed by atoms with Gasteiger partial charge < -0.3 is 20.5 Å². The number of ether oxygens (including phenoxy) is 2. The van der Waals surface area contributed by atoms with E-state index in [9.17, 15) is 4.79 Å². The van der Waals surface area contributed by atoms with Crippen LogP contribution in [-0.2, 0) is 15.0 Å². The fourth-order valence-electron chi connectivity index (χ4n) is 4.74. The zero-order valence-corrected chi connectivity index (χ0v) is 18.1. The number of amides is 1. The van der Waals surface area contributed by atoms with E-state index in [1.54, 1.807) is 7.11 Å². The zero-order chi connectivity index (χ0) is 20.7. The van der Waals surface area contributed by atoms with E-state index >= 15 is 0 Å². The number of carbonyl (C=O) groups excluding carboxylic acids is 1. The topological polar surface area (TPSA) is 91.4 Å². The fourth-order valence-corrected chi connectivity index (χ4v) is 4.74. The van der Waals surface area contributed by atoms with Crippen molar-refractivity contribution in [1.29, 1.82) is 0 Å². The van der Waals surface area contributed by atoms with Crippen molar-refractivity contribution in [2.45, 2.75) is 95.9 Å². The highest BCUT2D eigenvalue weighted by atomic mass is 16.6. The van der Waals surface area contributed by atoms with Crippen molar-refractivity contribution in [2.24, 2.45) is 5.92 Å². The first-order chi connectivity index (χ1) is 13.2. The Balaban J connectivity index is 0.00000109. The number of rotatable bonds is 4. The van der Waals surface area contributed by atoms with Crippen LogP contribution in [0, 0.1) is 5.92 Å². The standard InChI is InChI=1S/C19H30N4O3.C2H6/c1-18(2,3)23-16(20)7-13(22-23)12-5-14(25-4)15(6-12)26-17(24)21-19-8-11(9-19)10-19;1-2/h7,11-12,14-15H,5-6,8-10,20H2,1-4H3,(H,21,24);1-2H3. The van der Waals surface area contributed by atoms with E-state index in [2.05, 4.69) is 26.1 Å². The lowest BCUT2D eigenvalue weighted by Crippen LogP contribution is -2.68. The summed E-state index contributed by atoms with van der Waals surface area (Å²) in [6.07, 6.45) is 4.13. The Morgan fingerprint density at radius 3 is 2.32 bits per heavy atom. The van der Waals surface area contributed by atoms with E-state index in [0.29, 0.717) is 12.2 Å². The first-order valence-corrected chi connectivity index (χ1v) is 10.6. The van der Waals surface area contributed by atoms with Crippen molar-refractivity contribution < 1.29 is 14.3 Å².